The number of nitriles is 1. The maximum absolute atomic E-state index is 9.10. The molecule has 0 aliphatic carbocycles. The summed E-state index contributed by atoms with van der Waals surface area (Å²) in [6.45, 7) is 2.58. The van der Waals surface area contributed by atoms with Crippen molar-refractivity contribution < 1.29 is 4.74 Å². The molecule has 0 aliphatic rings. The minimum absolute atomic E-state index is 0.170. The molecule has 0 unspecified atom stereocenters. The van der Waals surface area contributed by atoms with Gasteiger partial charge in [-0.15, -0.1) is 0 Å². The number of ether oxygens (including phenoxy) is 1. The highest BCUT2D eigenvalue weighted by molar-refractivity contribution is 6.30. The van der Waals surface area contributed by atoms with E-state index in [4.69, 9.17) is 21.6 Å². The second-order valence-electron chi connectivity index (χ2n) is 3.93. The quantitative estimate of drug-likeness (QED) is 0.876. The highest BCUT2D eigenvalue weighted by atomic mass is 35.5. The van der Waals surface area contributed by atoms with E-state index >= 15 is 0 Å². The average Bonchev–Trinajstić information content (AvgIpc) is 2.47. The number of halogens is 1. The van der Waals surface area contributed by atoms with E-state index in [1.807, 2.05) is 6.92 Å². The Morgan fingerprint density at radius 2 is 2.05 bits per heavy atom. The van der Waals surface area contributed by atoms with Gasteiger partial charge in [-0.3, -0.25) is 0 Å². The summed E-state index contributed by atoms with van der Waals surface area (Å²) in [4.78, 5) is 12.3. The van der Waals surface area contributed by atoms with E-state index in [-0.39, 0.29) is 12.0 Å². The van der Waals surface area contributed by atoms with E-state index in [2.05, 4.69) is 31.7 Å². The van der Waals surface area contributed by atoms with Crippen LogP contribution in [0, 0.1) is 11.3 Å². The van der Waals surface area contributed by atoms with Crippen molar-refractivity contribution in [3.05, 3.63) is 28.8 Å². The Balaban J connectivity index is 2.37. The van der Waals surface area contributed by atoms with E-state index in [1.165, 1.54) is 7.11 Å². The molecule has 0 aliphatic heterocycles. The second kappa shape index (κ2) is 6.72. The first-order valence-electron chi connectivity index (χ1n) is 6.17. The van der Waals surface area contributed by atoms with E-state index in [9.17, 15) is 0 Å². The molecular formula is C13H13ClN6O. The SMILES string of the molecule is CCNc1nc(Nc2cc(Cl)ccc2C#N)nc(OC)n1. The van der Waals surface area contributed by atoms with E-state index in [0.717, 1.165) is 0 Å². The van der Waals surface area contributed by atoms with Crippen LogP contribution in [-0.2, 0) is 0 Å². The average molecular weight is 305 g/mol. The number of rotatable bonds is 5. The molecule has 1 heterocycles. The minimum atomic E-state index is 0.170. The Morgan fingerprint density at radius 1 is 1.29 bits per heavy atom. The van der Waals surface area contributed by atoms with Crippen molar-refractivity contribution in [2.75, 3.05) is 24.3 Å². The standard InChI is InChI=1S/C13H13ClN6O/c1-3-16-11-18-12(20-13(19-11)21-2)17-10-6-9(14)5-4-8(10)7-15/h4-6H,3H2,1-2H3,(H2,16,17,18,19,20). The smallest absolute Gasteiger partial charge is 0.322 e. The zero-order chi connectivity index (χ0) is 15.2. The van der Waals surface area contributed by atoms with Gasteiger partial charge in [0.05, 0.1) is 18.4 Å². The fraction of sp³-hybridized carbons (Fsp3) is 0.231. The molecule has 0 amide bonds. The van der Waals surface area contributed by atoms with Crippen LogP contribution in [0.25, 0.3) is 0 Å². The largest absolute Gasteiger partial charge is 0.467 e. The Hall–Kier alpha value is -2.59. The van der Waals surface area contributed by atoms with Crippen LogP contribution in [0.15, 0.2) is 18.2 Å². The van der Waals surface area contributed by atoms with Crippen LogP contribution >= 0.6 is 11.6 Å². The Morgan fingerprint density at radius 3 is 2.71 bits per heavy atom. The van der Waals surface area contributed by atoms with Gasteiger partial charge in [0, 0.05) is 11.6 Å². The first-order chi connectivity index (χ1) is 10.2. The summed E-state index contributed by atoms with van der Waals surface area (Å²) in [5.41, 5.74) is 0.949. The third kappa shape index (κ3) is 3.70. The highest BCUT2D eigenvalue weighted by Crippen LogP contribution is 2.23. The van der Waals surface area contributed by atoms with Crippen molar-refractivity contribution >= 4 is 29.2 Å². The van der Waals surface area contributed by atoms with Gasteiger partial charge in [-0.25, -0.2) is 0 Å². The van der Waals surface area contributed by atoms with Crippen LogP contribution in [0.5, 0.6) is 6.01 Å². The van der Waals surface area contributed by atoms with Crippen molar-refractivity contribution in [3.8, 4) is 12.1 Å². The molecule has 21 heavy (non-hydrogen) atoms. The van der Waals surface area contributed by atoms with Crippen molar-refractivity contribution in [1.29, 1.82) is 5.26 Å². The van der Waals surface area contributed by atoms with Gasteiger partial charge in [-0.2, -0.15) is 20.2 Å². The molecule has 2 rings (SSSR count). The minimum Gasteiger partial charge on any atom is -0.467 e. The lowest BCUT2D eigenvalue weighted by Crippen LogP contribution is -2.08. The molecule has 1 aromatic heterocycles. The zero-order valence-corrected chi connectivity index (χ0v) is 12.3. The predicted molar refractivity (Wildman–Crippen MR) is 80.0 cm³/mol. The lowest BCUT2D eigenvalue weighted by molar-refractivity contribution is 0.379. The van der Waals surface area contributed by atoms with Crippen LogP contribution in [0.3, 0.4) is 0 Å². The van der Waals surface area contributed by atoms with Crippen LogP contribution in [0.4, 0.5) is 17.6 Å². The van der Waals surface area contributed by atoms with Crippen LogP contribution in [0.1, 0.15) is 12.5 Å². The van der Waals surface area contributed by atoms with Gasteiger partial charge in [0.25, 0.3) is 0 Å². The molecule has 0 saturated heterocycles. The topological polar surface area (TPSA) is 95.8 Å². The van der Waals surface area contributed by atoms with Crippen LogP contribution < -0.4 is 15.4 Å². The number of hydrogen-bond acceptors (Lipinski definition) is 7. The van der Waals surface area contributed by atoms with Gasteiger partial charge in [0.15, 0.2) is 0 Å². The lowest BCUT2D eigenvalue weighted by atomic mass is 10.2. The van der Waals surface area contributed by atoms with E-state index in [1.54, 1.807) is 18.2 Å². The first-order valence-corrected chi connectivity index (χ1v) is 6.54. The third-order valence-electron chi connectivity index (χ3n) is 2.48. The number of benzene rings is 1. The molecule has 0 fully saturated rings. The third-order valence-corrected chi connectivity index (χ3v) is 2.72. The van der Waals surface area contributed by atoms with Gasteiger partial charge in [-0.1, -0.05) is 11.6 Å². The van der Waals surface area contributed by atoms with E-state index < -0.39 is 0 Å². The number of nitrogens with zero attached hydrogens (tertiary/aromatic N) is 4. The molecule has 1 aromatic carbocycles. The normalized spacial score (nSPS) is 9.81. The molecule has 0 atom stereocenters. The monoisotopic (exact) mass is 304 g/mol. The summed E-state index contributed by atoms with van der Waals surface area (Å²) in [7, 11) is 1.47. The van der Waals surface area contributed by atoms with Crippen LogP contribution in [0.2, 0.25) is 5.02 Å². The van der Waals surface area contributed by atoms with Crippen molar-refractivity contribution in [3.63, 3.8) is 0 Å². The Kier molecular flexibility index (Phi) is 4.74. The molecule has 0 radical (unpaired) electrons. The number of aromatic nitrogens is 3. The van der Waals surface area contributed by atoms with Gasteiger partial charge >= 0.3 is 6.01 Å². The zero-order valence-electron chi connectivity index (χ0n) is 11.5. The maximum Gasteiger partial charge on any atom is 0.322 e. The summed E-state index contributed by atoms with van der Waals surface area (Å²) in [5.74, 6) is 0.643. The van der Waals surface area contributed by atoms with Gasteiger partial charge in [0.2, 0.25) is 11.9 Å². The molecule has 7 nitrogen and oxygen atoms in total. The molecule has 0 spiro atoms. The Labute approximate surface area is 127 Å². The maximum atomic E-state index is 9.10. The van der Waals surface area contributed by atoms with Crippen molar-refractivity contribution in [2.24, 2.45) is 0 Å². The van der Waals surface area contributed by atoms with Gasteiger partial charge in [-0.05, 0) is 25.1 Å². The number of methoxy groups -OCH3 is 1. The Bertz CT molecular complexity index is 685. The second-order valence-corrected chi connectivity index (χ2v) is 4.36. The highest BCUT2D eigenvalue weighted by Gasteiger charge is 2.09. The van der Waals surface area contributed by atoms with Gasteiger partial charge < -0.3 is 15.4 Å². The van der Waals surface area contributed by atoms with Crippen molar-refractivity contribution in [1.82, 2.24) is 15.0 Å². The van der Waals surface area contributed by atoms with Crippen LogP contribution in [-0.4, -0.2) is 28.6 Å². The molecule has 108 valence electrons. The fourth-order valence-electron chi connectivity index (χ4n) is 1.58. The summed E-state index contributed by atoms with van der Waals surface area (Å²) in [5, 5.41) is 15.5. The van der Waals surface area contributed by atoms with E-state index in [0.29, 0.717) is 28.8 Å². The predicted octanol–water partition coefficient (Wildman–Crippen LogP) is 2.58. The summed E-state index contributed by atoms with van der Waals surface area (Å²) >= 11 is 5.94. The summed E-state index contributed by atoms with van der Waals surface area (Å²) in [6, 6.07) is 7.13. The lowest BCUT2D eigenvalue weighted by Gasteiger charge is -2.09. The van der Waals surface area contributed by atoms with Crippen molar-refractivity contribution in [2.45, 2.75) is 6.92 Å². The molecule has 0 saturated carbocycles. The first kappa shape index (κ1) is 14.8. The summed E-state index contributed by atoms with van der Waals surface area (Å²) < 4.78 is 5.03. The van der Waals surface area contributed by atoms with Gasteiger partial charge in [0.1, 0.15) is 6.07 Å². The fourth-order valence-corrected chi connectivity index (χ4v) is 1.75. The summed E-state index contributed by atoms with van der Waals surface area (Å²) in [6.07, 6.45) is 0. The molecule has 2 aromatic rings. The number of hydrogen-bond donors (Lipinski definition) is 2. The number of anilines is 3. The molecule has 8 heteroatoms. The molecule has 0 bridgehead atoms. The molecular weight excluding hydrogens is 292 g/mol. The number of nitrogens with one attached hydrogen (secondary N) is 2. The molecule has 2 N–H and O–H groups in total.